The van der Waals surface area contributed by atoms with E-state index in [9.17, 15) is 0 Å². The maximum atomic E-state index is 6.60. The fraction of sp³-hybridized carbons (Fsp3) is 0. The van der Waals surface area contributed by atoms with Gasteiger partial charge >= 0.3 is 0 Å². The molecular formula is C59H34N4OS. The first-order valence-corrected chi connectivity index (χ1v) is 22.7. The Morgan fingerprint density at radius 3 is 1.91 bits per heavy atom. The Morgan fingerprint density at radius 1 is 0.385 bits per heavy atom. The monoisotopic (exact) mass is 846 g/mol. The molecule has 0 bridgehead atoms. The summed E-state index contributed by atoms with van der Waals surface area (Å²) >= 11 is 1.84. The third kappa shape index (κ3) is 5.54. The second-order valence-corrected chi connectivity index (χ2v) is 17.8. The van der Waals surface area contributed by atoms with E-state index in [0.29, 0.717) is 17.5 Å². The van der Waals surface area contributed by atoms with Crippen molar-refractivity contribution in [1.29, 1.82) is 0 Å². The molecule has 302 valence electrons. The van der Waals surface area contributed by atoms with Crippen molar-refractivity contribution >= 4 is 96.8 Å². The molecule has 0 aliphatic heterocycles. The summed E-state index contributed by atoms with van der Waals surface area (Å²) in [5.74, 6) is 1.72. The molecule has 10 aromatic carbocycles. The zero-order valence-corrected chi connectivity index (χ0v) is 35.6. The second kappa shape index (κ2) is 14.0. The molecule has 14 aromatic rings. The zero-order chi connectivity index (χ0) is 42.6. The molecule has 0 fully saturated rings. The summed E-state index contributed by atoms with van der Waals surface area (Å²) in [5.41, 5.74) is 9.74. The van der Waals surface area contributed by atoms with Crippen LogP contribution in [0.1, 0.15) is 0 Å². The summed E-state index contributed by atoms with van der Waals surface area (Å²) in [4.78, 5) is 16.1. The molecule has 6 heteroatoms. The Balaban J connectivity index is 1.12. The van der Waals surface area contributed by atoms with E-state index < -0.39 is 0 Å². The highest BCUT2D eigenvalue weighted by atomic mass is 32.1. The summed E-state index contributed by atoms with van der Waals surface area (Å²) in [6.07, 6.45) is 0. The molecule has 0 N–H and O–H groups in total. The summed E-state index contributed by atoms with van der Waals surface area (Å²) < 4.78 is 11.5. The smallest absolute Gasteiger partial charge is 0.167 e. The van der Waals surface area contributed by atoms with Gasteiger partial charge in [-0.25, -0.2) is 15.0 Å². The van der Waals surface area contributed by atoms with Crippen LogP contribution in [0.15, 0.2) is 211 Å². The number of nitrogens with zero attached hydrogens (tertiary/aromatic N) is 4. The van der Waals surface area contributed by atoms with Crippen LogP contribution in [-0.4, -0.2) is 19.5 Å². The Morgan fingerprint density at radius 2 is 1.05 bits per heavy atom. The second-order valence-electron chi connectivity index (χ2n) is 16.7. The van der Waals surface area contributed by atoms with E-state index in [1.54, 1.807) is 0 Å². The first-order chi connectivity index (χ1) is 32.2. The molecule has 0 atom stereocenters. The van der Waals surface area contributed by atoms with Crippen molar-refractivity contribution in [2.75, 3.05) is 0 Å². The quantitative estimate of drug-likeness (QED) is 0.173. The van der Waals surface area contributed by atoms with Crippen molar-refractivity contribution in [3.05, 3.63) is 206 Å². The van der Waals surface area contributed by atoms with Crippen LogP contribution in [-0.2, 0) is 0 Å². The highest BCUT2D eigenvalue weighted by Crippen LogP contribution is 2.48. The van der Waals surface area contributed by atoms with Gasteiger partial charge in [-0.3, -0.25) is 0 Å². The van der Waals surface area contributed by atoms with E-state index in [4.69, 9.17) is 19.4 Å². The Labute approximate surface area is 376 Å². The number of rotatable bonds is 5. The third-order valence-electron chi connectivity index (χ3n) is 13.0. The number of hydrogen-bond acceptors (Lipinski definition) is 5. The lowest BCUT2D eigenvalue weighted by Gasteiger charge is -2.18. The minimum atomic E-state index is 0.548. The minimum absolute atomic E-state index is 0.548. The van der Waals surface area contributed by atoms with Gasteiger partial charge in [-0.1, -0.05) is 146 Å². The lowest BCUT2D eigenvalue weighted by atomic mass is 9.90. The molecule has 0 amide bonds. The standard InChI is InChI=1S/C59H34N4OS/c1-2-15-35(16-3-1)57-60-58(62-59(61-57)46-25-14-24-43-42-22-9-12-27-51(42)64-56(43)46)44-30-29-39(63-49-26-11-8-21-41(49)47-31-36-17-4-5-18-37(36)32-50(47)63)34-48(44)54-40-20-7-6-19-38(40)33-53-55(54)45-23-10-13-28-52(45)65-53/h1-34H. The van der Waals surface area contributed by atoms with E-state index >= 15 is 0 Å². The fourth-order valence-corrected chi connectivity index (χ4v) is 11.3. The first kappa shape index (κ1) is 36.1. The molecule has 0 unspecified atom stereocenters. The highest BCUT2D eigenvalue weighted by molar-refractivity contribution is 7.26. The van der Waals surface area contributed by atoms with Crippen molar-refractivity contribution < 1.29 is 4.42 Å². The largest absolute Gasteiger partial charge is 0.455 e. The predicted octanol–water partition coefficient (Wildman–Crippen LogP) is 16.2. The molecule has 0 aliphatic rings. The van der Waals surface area contributed by atoms with Crippen LogP contribution in [0.25, 0.3) is 136 Å². The van der Waals surface area contributed by atoms with Crippen molar-refractivity contribution in [3.63, 3.8) is 0 Å². The van der Waals surface area contributed by atoms with Crippen LogP contribution in [0.2, 0.25) is 0 Å². The number of aromatic nitrogens is 4. The normalized spacial score (nSPS) is 12.0. The molecule has 0 saturated heterocycles. The molecule has 5 nitrogen and oxygen atoms in total. The molecule has 4 aromatic heterocycles. The number of furan rings is 1. The zero-order valence-electron chi connectivity index (χ0n) is 34.7. The predicted molar refractivity (Wildman–Crippen MR) is 271 cm³/mol. The van der Waals surface area contributed by atoms with Gasteiger partial charge in [0.2, 0.25) is 0 Å². The van der Waals surface area contributed by atoms with Gasteiger partial charge in [0.25, 0.3) is 0 Å². The molecule has 0 radical (unpaired) electrons. The van der Waals surface area contributed by atoms with Crippen LogP contribution in [0.4, 0.5) is 0 Å². The molecule has 0 spiro atoms. The number of fused-ring (bicyclic) bond motifs is 11. The fourth-order valence-electron chi connectivity index (χ4n) is 10.1. The van der Waals surface area contributed by atoms with Crippen molar-refractivity contribution in [2.45, 2.75) is 0 Å². The lowest BCUT2D eigenvalue weighted by molar-refractivity contribution is 0.669. The Bertz CT molecular complexity index is 4260. The highest BCUT2D eigenvalue weighted by Gasteiger charge is 2.24. The van der Waals surface area contributed by atoms with E-state index in [-0.39, 0.29) is 0 Å². The minimum Gasteiger partial charge on any atom is -0.455 e. The average molecular weight is 847 g/mol. The van der Waals surface area contributed by atoms with Crippen LogP contribution >= 0.6 is 11.3 Å². The van der Waals surface area contributed by atoms with Crippen molar-refractivity contribution in [1.82, 2.24) is 19.5 Å². The molecule has 65 heavy (non-hydrogen) atoms. The summed E-state index contributed by atoms with van der Waals surface area (Å²) in [5, 5.41) is 11.7. The summed E-state index contributed by atoms with van der Waals surface area (Å²) in [6, 6.07) is 73.4. The maximum Gasteiger partial charge on any atom is 0.167 e. The number of hydrogen-bond donors (Lipinski definition) is 0. The van der Waals surface area contributed by atoms with E-state index in [1.807, 2.05) is 47.7 Å². The van der Waals surface area contributed by atoms with E-state index in [0.717, 1.165) is 66.5 Å². The van der Waals surface area contributed by atoms with Crippen molar-refractivity contribution in [2.24, 2.45) is 0 Å². The molecule has 14 rings (SSSR count). The van der Waals surface area contributed by atoms with Gasteiger partial charge in [-0.05, 0) is 93.3 Å². The summed E-state index contributed by atoms with van der Waals surface area (Å²) in [6.45, 7) is 0. The van der Waals surface area contributed by atoms with Gasteiger partial charge in [-0.15, -0.1) is 11.3 Å². The third-order valence-corrected chi connectivity index (χ3v) is 14.1. The molecule has 0 aliphatic carbocycles. The van der Waals surface area contributed by atoms with Gasteiger partial charge in [0.05, 0.1) is 16.6 Å². The molecule has 0 saturated carbocycles. The van der Waals surface area contributed by atoms with Crippen LogP contribution in [0, 0.1) is 0 Å². The number of benzene rings is 10. The first-order valence-electron chi connectivity index (χ1n) is 21.8. The maximum absolute atomic E-state index is 6.60. The van der Waals surface area contributed by atoms with Crippen LogP contribution < -0.4 is 0 Å². The Hall–Kier alpha value is -8.45. The van der Waals surface area contributed by atoms with Gasteiger partial charge in [0.1, 0.15) is 11.2 Å². The number of para-hydroxylation sites is 3. The summed E-state index contributed by atoms with van der Waals surface area (Å²) in [7, 11) is 0. The van der Waals surface area contributed by atoms with Gasteiger partial charge in [0.15, 0.2) is 17.5 Å². The van der Waals surface area contributed by atoms with Gasteiger partial charge in [-0.2, -0.15) is 0 Å². The molecule has 4 heterocycles. The topological polar surface area (TPSA) is 56.7 Å². The SMILES string of the molecule is c1ccc(-c2nc(-c3ccc(-n4c5ccccc5c5cc6ccccc6cc54)cc3-c3c4ccccc4cc4sc5ccccc5c34)nc(-c3cccc4c3oc3ccccc34)n2)cc1. The number of thiophene rings is 1. The van der Waals surface area contributed by atoms with Gasteiger partial charge < -0.3 is 8.98 Å². The van der Waals surface area contributed by atoms with E-state index in [1.165, 1.54) is 52.5 Å². The Kier molecular flexibility index (Phi) is 7.79. The van der Waals surface area contributed by atoms with Crippen LogP contribution in [0.5, 0.6) is 0 Å². The van der Waals surface area contributed by atoms with Gasteiger partial charge in [0, 0.05) is 58.5 Å². The average Bonchev–Trinajstić information content (AvgIpc) is 4.04. The van der Waals surface area contributed by atoms with Crippen molar-refractivity contribution in [3.8, 4) is 51.0 Å². The van der Waals surface area contributed by atoms with E-state index in [2.05, 4.69) is 174 Å². The lowest BCUT2D eigenvalue weighted by Crippen LogP contribution is -2.02. The molecular weight excluding hydrogens is 813 g/mol. The van der Waals surface area contributed by atoms with Crippen LogP contribution in [0.3, 0.4) is 0 Å².